The molecule has 140 valence electrons. The number of aromatic nitrogens is 1. The van der Waals surface area contributed by atoms with Crippen LogP contribution >= 0.6 is 31.9 Å². The lowest BCUT2D eigenvalue weighted by molar-refractivity contribution is 0.174. The van der Waals surface area contributed by atoms with Crippen molar-refractivity contribution < 1.29 is 23.7 Å². The molecule has 0 fully saturated rings. The standard InChI is InChI=1S/C19H15Br2NO5/c1-23-16-4-12(20)15(6-17(16)24-2)25-8-11-10-3-18-19(27-9-26-18)5-14(10)22-7-13(11)21/h3-7H,8-9H2,1-2H3. The molecule has 0 saturated carbocycles. The summed E-state index contributed by atoms with van der Waals surface area (Å²) in [7, 11) is 3.18. The van der Waals surface area contributed by atoms with Crippen molar-refractivity contribution in [1.82, 2.24) is 4.98 Å². The van der Waals surface area contributed by atoms with Crippen LogP contribution in [0.25, 0.3) is 10.9 Å². The minimum Gasteiger partial charge on any atom is -0.493 e. The second kappa shape index (κ2) is 7.44. The van der Waals surface area contributed by atoms with E-state index in [1.807, 2.05) is 18.2 Å². The number of methoxy groups -OCH3 is 2. The molecule has 0 aliphatic carbocycles. The Kier molecular flexibility index (Phi) is 5.01. The molecule has 1 aromatic heterocycles. The van der Waals surface area contributed by atoms with E-state index in [1.165, 1.54) is 0 Å². The third-order valence-corrected chi connectivity index (χ3v) is 5.53. The summed E-state index contributed by atoms with van der Waals surface area (Å²) in [5.41, 5.74) is 1.77. The first kappa shape index (κ1) is 18.2. The van der Waals surface area contributed by atoms with Crippen LogP contribution in [0.4, 0.5) is 0 Å². The second-order valence-corrected chi connectivity index (χ2v) is 7.44. The second-order valence-electron chi connectivity index (χ2n) is 5.73. The van der Waals surface area contributed by atoms with Crippen molar-refractivity contribution in [3.05, 3.63) is 45.0 Å². The van der Waals surface area contributed by atoms with Crippen LogP contribution < -0.4 is 23.7 Å². The van der Waals surface area contributed by atoms with E-state index < -0.39 is 0 Å². The molecule has 1 aliphatic heterocycles. The Labute approximate surface area is 172 Å². The Balaban J connectivity index is 1.69. The fourth-order valence-electron chi connectivity index (χ4n) is 2.86. The molecule has 0 bridgehead atoms. The van der Waals surface area contributed by atoms with E-state index in [4.69, 9.17) is 23.7 Å². The van der Waals surface area contributed by atoms with Gasteiger partial charge in [0.2, 0.25) is 6.79 Å². The van der Waals surface area contributed by atoms with Gasteiger partial charge in [0.25, 0.3) is 0 Å². The zero-order chi connectivity index (χ0) is 19.0. The molecule has 0 unspecified atom stereocenters. The van der Waals surface area contributed by atoms with Gasteiger partial charge in [0.05, 0.1) is 24.2 Å². The van der Waals surface area contributed by atoms with Crippen LogP contribution in [0, 0.1) is 0 Å². The maximum Gasteiger partial charge on any atom is 0.231 e. The highest BCUT2D eigenvalue weighted by atomic mass is 79.9. The van der Waals surface area contributed by atoms with Gasteiger partial charge in [-0.05, 0) is 37.9 Å². The van der Waals surface area contributed by atoms with Crippen molar-refractivity contribution in [2.75, 3.05) is 21.0 Å². The lowest BCUT2D eigenvalue weighted by atomic mass is 10.1. The molecule has 6 nitrogen and oxygen atoms in total. The predicted molar refractivity (Wildman–Crippen MR) is 107 cm³/mol. The number of halogens is 2. The van der Waals surface area contributed by atoms with E-state index in [1.54, 1.807) is 26.5 Å². The lowest BCUT2D eigenvalue weighted by Gasteiger charge is -2.15. The summed E-state index contributed by atoms with van der Waals surface area (Å²) in [6.07, 6.45) is 1.76. The van der Waals surface area contributed by atoms with Crippen LogP contribution in [-0.4, -0.2) is 26.0 Å². The fraction of sp³-hybridized carbons (Fsp3) is 0.211. The Morgan fingerprint density at radius 1 is 0.926 bits per heavy atom. The van der Waals surface area contributed by atoms with E-state index in [2.05, 4.69) is 36.8 Å². The summed E-state index contributed by atoms with van der Waals surface area (Å²) in [5.74, 6) is 3.27. The van der Waals surface area contributed by atoms with Gasteiger partial charge in [-0.3, -0.25) is 4.98 Å². The summed E-state index contributed by atoms with van der Waals surface area (Å²) >= 11 is 7.08. The third kappa shape index (κ3) is 3.39. The molecule has 4 rings (SSSR count). The summed E-state index contributed by atoms with van der Waals surface area (Å²) < 4.78 is 29.3. The molecular weight excluding hydrogens is 482 g/mol. The third-order valence-electron chi connectivity index (χ3n) is 4.23. The summed E-state index contributed by atoms with van der Waals surface area (Å²) in [5, 5.41) is 0.935. The van der Waals surface area contributed by atoms with Gasteiger partial charge in [0.1, 0.15) is 12.4 Å². The van der Waals surface area contributed by atoms with E-state index >= 15 is 0 Å². The first-order chi connectivity index (χ1) is 13.1. The van der Waals surface area contributed by atoms with Gasteiger partial charge < -0.3 is 23.7 Å². The maximum absolute atomic E-state index is 6.06. The lowest BCUT2D eigenvalue weighted by Crippen LogP contribution is -2.00. The highest BCUT2D eigenvalue weighted by Crippen LogP contribution is 2.40. The van der Waals surface area contributed by atoms with Crippen LogP contribution in [0.5, 0.6) is 28.7 Å². The topological polar surface area (TPSA) is 59.0 Å². The van der Waals surface area contributed by atoms with Crippen molar-refractivity contribution in [1.29, 1.82) is 0 Å². The van der Waals surface area contributed by atoms with E-state index in [0.717, 1.165) is 25.4 Å². The largest absolute Gasteiger partial charge is 0.493 e. The normalized spacial score (nSPS) is 12.3. The molecule has 0 N–H and O–H groups in total. The predicted octanol–water partition coefficient (Wildman–Crippen LogP) is 5.08. The van der Waals surface area contributed by atoms with Gasteiger partial charge in [-0.15, -0.1) is 0 Å². The minimum atomic E-state index is 0.219. The smallest absolute Gasteiger partial charge is 0.231 e. The van der Waals surface area contributed by atoms with Crippen molar-refractivity contribution in [3.8, 4) is 28.7 Å². The highest BCUT2D eigenvalue weighted by Gasteiger charge is 2.18. The van der Waals surface area contributed by atoms with Gasteiger partial charge in [-0.25, -0.2) is 0 Å². The van der Waals surface area contributed by atoms with Gasteiger partial charge in [-0.2, -0.15) is 0 Å². The number of ether oxygens (including phenoxy) is 5. The maximum atomic E-state index is 6.06. The Bertz CT molecular complexity index is 1020. The first-order valence-corrected chi connectivity index (χ1v) is 9.60. The van der Waals surface area contributed by atoms with Gasteiger partial charge in [-0.1, -0.05) is 0 Å². The molecule has 1 aliphatic rings. The Hall–Kier alpha value is -2.19. The number of fused-ring (bicyclic) bond motifs is 2. The number of benzene rings is 2. The van der Waals surface area contributed by atoms with E-state index in [0.29, 0.717) is 35.4 Å². The molecule has 0 radical (unpaired) electrons. The average Bonchev–Trinajstić information content (AvgIpc) is 3.13. The number of rotatable bonds is 5. The first-order valence-electron chi connectivity index (χ1n) is 8.01. The van der Waals surface area contributed by atoms with Crippen LogP contribution in [0.1, 0.15) is 5.56 Å². The molecule has 0 atom stereocenters. The summed E-state index contributed by atoms with van der Waals surface area (Å²) in [4.78, 5) is 4.46. The van der Waals surface area contributed by atoms with Crippen LogP contribution in [0.15, 0.2) is 39.4 Å². The number of hydrogen-bond acceptors (Lipinski definition) is 6. The minimum absolute atomic E-state index is 0.219. The van der Waals surface area contributed by atoms with Crippen molar-refractivity contribution >= 4 is 42.8 Å². The zero-order valence-electron chi connectivity index (χ0n) is 14.5. The number of hydrogen-bond donors (Lipinski definition) is 0. The fourth-order valence-corrected chi connectivity index (χ4v) is 3.72. The van der Waals surface area contributed by atoms with Crippen LogP contribution in [0.3, 0.4) is 0 Å². The number of nitrogens with zero attached hydrogens (tertiary/aromatic N) is 1. The highest BCUT2D eigenvalue weighted by molar-refractivity contribution is 9.10. The summed E-state index contributed by atoms with van der Waals surface area (Å²) in [6, 6.07) is 7.40. The van der Waals surface area contributed by atoms with E-state index in [-0.39, 0.29) is 6.79 Å². The van der Waals surface area contributed by atoms with Crippen molar-refractivity contribution in [2.45, 2.75) is 6.61 Å². The quantitative estimate of drug-likeness (QED) is 0.490. The average molecular weight is 497 g/mol. The van der Waals surface area contributed by atoms with Crippen LogP contribution in [-0.2, 0) is 6.61 Å². The SMILES string of the molecule is COc1cc(Br)c(OCc2c(Br)cnc3cc4c(cc23)OCO4)cc1OC. The Morgan fingerprint density at radius 2 is 1.63 bits per heavy atom. The molecule has 3 aromatic rings. The van der Waals surface area contributed by atoms with Gasteiger partial charge in [0, 0.05) is 39.8 Å². The molecule has 2 heterocycles. The van der Waals surface area contributed by atoms with E-state index in [9.17, 15) is 0 Å². The molecule has 8 heteroatoms. The molecule has 2 aromatic carbocycles. The van der Waals surface area contributed by atoms with Gasteiger partial charge in [0.15, 0.2) is 23.0 Å². The Morgan fingerprint density at radius 3 is 2.37 bits per heavy atom. The van der Waals surface area contributed by atoms with Crippen molar-refractivity contribution in [3.63, 3.8) is 0 Å². The molecule has 0 amide bonds. The van der Waals surface area contributed by atoms with Crippen molar-refractivity contribution in [2.24, 2.45) is 0 Å². The molecule has 27 heavy (non-hydrogen) atoms. The zero-order valence-corrected chi connectivity index (χ0v) is 17.7. The summed E-state index contributed by atoms with van der Waals surface area (Å²) in [6.45, 7) is 0.546. The molecule has 0 saturated heterocycles. The molecule has 0 spiro atoms. The molecular formula is C19H15Br2NO5. The van der Waals surface area contributed by atoms with Crippen LogP contribution in [0.2, 0.25) is 0 Å². The van der Waals surface area contributed by atoms with Gasteiger partial charge >= 0.3 is 0 Å². The monoisotopic (exact) mass is 495 g/mol. The number of pyridine rings is 1.